The van der Waals surface area contributed by atoms with E-state index in [9.17, 15) is 0 Å². The van der Waals surface area contributed by atoms with Crippen LogP contribution in [0, 0.1) is 5.92 Å². The van der Waals surface area contributed by atoms with Crippen molar-refractivity contribution in [3.05, 3.63) is 28.8 Å². The van der Waals surface area contributed by atoms with Crippen LogP contribution in [0.25, 0.3) is 0 Å². The van der Waals surface area contributed by atoms with Crippen molar-refractivity contribution < 1.29 is 0 Å². The molecule has 0 radical (unpaired) electrons. The summed E-state index contributed by atoms with van der Waals surface area (Å²) in [5.74, 6) is 0.765. The third-order valence-corrected chi connectivity index (χ3v) is 5.54. The van der Waals surface area contributed by atoms with Gasteiger partial charge in [-0.25, -0.2) is 0 Å². The van der Waals surface area contributed by atoms with Gasteiger partial charge in [-0.2, -0.15) is 0 Å². The molecular weight excluding hydrogens is 294 g/mol. The van der Waals surface area contributed by atoms with E-state index in [0.29, 0.717) is 6.04 Å². The Morgan fingerprint density at radius 3 is 2.45 bits per heavy atom. The third-order valence-electron chi connectivity index (χ3n) is 5.21. The molecule has 122 valence electrons. The van der Waals surface area contributed by atoms with Crippen LogP contribution in [0.3, 0.4) is 0 Å². The number of piperazine rings is 1. The molecule has 2 fully saturated rings. The first-order valence-electron chi connectivity index (χ1n) is 8.58. The Kier molecular flexibility index (Phi) is 5.27. The summed E-state index contributed by atoms with van der Waals surface area (Å²) in [5, 5.41) is 4.40. The molecule has 3 nitrogen and oxygen atoms in total. The van der Waals surface area contributed by atoms with E-state index < -0.39 is 0 Å². The summed E-state index contributed by atoms with van der Waals surface area (Å²) in [5.41, 5.74) is 2.51. The fraction of sp³-hybridized carbons (Fsp3) is 0.667. The predicted molar refractivity (Wildman–Crippen MR) is 94.9 cm³/mol. The first-order chi connectivity index (χ1) is 10.7. The molecule has 1 aromatic rings. The van der Waals surface area contributed by atoms with E-state index in [1.807, 2.05) is 0 Å². The number of anilines is 1. The Bertz CT molecular complexity index is 491. The van der Waals surface area contributed by atoms with Gasteiger partial charge in [-0.05, 0) is 36.5 Å². The maximum absolute atomic E-state index is 6.70. The summed E-state index contributed by atoms with van der Waals surface area (Å²) in [4.78, 5) is 4.77. The molecule has 1 atom stereocenters. The molecule has 0 aromatic heterocycles. The minimum absolute atomic E-state index is 0.494. The van der Waals surface area contributed by atoms with Gasteiger partial charge in [0.2, 0.25) is 0 Å². The van der Waals surface area contributed by atoms with Crippen LogP contribution < -0.4 is 10.2 Å². The summed E-state index contributed by atoms with van der Waals surface area (Å²) in [6.07, 6.45) is 5.45. The highest BCUT2D eigenvalue weighted by Crippen LogP contribution is 2.42. The lowest BCUT2D eigenvalue weighted by Gasteiger charge is -2.39. The minimum Gasteiger partial charge on any atom is -0.378 e. The van der Waals surface area contributed by atoms with E-state index in [2.05, 4.69) is 47.4 Å². The number of halogens is 1. The monoisotopic (exact) mass is 321 g/mol. The summed E-state index contributed by atoms with van der Waals surface area (Å²) in [6.45, 7) is 4.45. The summed E-state index contributed by atoms with van der Waals surface area (Å²) < 4.78 is 0. The second-order valence-electron chi connectivity index (χ2n) is 6.88. The van der Waals surface area contributed by atoms with Crippen LogP contribution in [-0.4, -0.2) is 45.2 Å². The Balaban J connectivity index is 1.90. The fourth-order valence-corrected chi connectivity index (χ4v) is 4.30. The largest absolute Gasteiger partial charge is 0.378 e. The van der Waals surface area contributed by atoms with Crippen LogP contribution >= 0.6 is 11.6 Å². The molecule has 0 unspecified atom stereocenters. The zero-order valence-electron chi connectivity index (χ0n) is 13.8. The molecule has 0 amide bonds. The van der Waals surface area contributed by atoms with E-state index in [0.717, 1.165) is 37.1 Å². The Morgan fingerprint density at radius 2 is 1.86 bits per heavy atom. The maximum atomic E-state index is 6.70. The van der Waals surface area contributed by atoms with Gasteiger partial charge in [-0.3, -0.25) is 4.90 Å². The van der Waals surface area contributed by atoms with Crippen molar-refractivity contribution in [2.75, 3.05) is 45.2 Å². The van der Waals surface area contributed by atoms with Crippen LogP contribution in [0.2, 0.25) is 5.02 Å². The van der Waals surface area contributed by atoms with E-state index in [1.54, 1.807) is 0 Å². The number of rotatable bonds is 4. The lowest BCUT2D eigenvalue weighted by molar-refractivity contribution is 0.125. The van der Waals surface area contributed by atoms with Gasteiger partial charge in [0, 0.05) is 57.0 Å². The lowest BCUT2D eigenvalue weighted by atomic mass is 9.89. The van der Waals surface area contributed by atoms with Crippen LogP contribution in [-0.2, 0) is 0 Å². The topological polar surface area (TPSA) is 18.5 Å². The molecule has 1 aromatic carbocycles. The van der Waals surface area contributed by atoms with Gasteiger partial charge in [-0.1, -0.05) is 30.5 Å². The first-order valence-corrected chi connectivity index (χ1v) is 8.96. The highest BCUT2D eigenvalue weighted by molar-refractivity contribution is 6.31. The van der Waals surface area contributed by atoms with Crippen molar-refractivity contribution in [2.24, 2.45) is 5.92 Å². The molecular formula is C18H28ClN3. The Morgan fingerprint density at radius 1 is 1.18 bits per heavy atom. The van der Waals surface area contributed by atoms with Gasteiger partial charge in [0.05, 0.1) is 0 Å². The third kappa shape index (κ3) is 3.42. The smallest absolute Gasteiger partial charge is 0.0474 e. The van der Waals surface area contributed by atoms with Crippen molar-refractivity contribution in [2.45, 2.75) is 31.7 Å². The Hall–Kier alpha value is -0.770. The average molecular weight is 322 g/mol. The molecule has 3 rings (SSSR count). The molecule has 4 heteroatoms. The van der Waals surface area contributed by atoms with Crippen LogP contribution in [0.1, 0.15) is 37.3 Å². The standard InChI is InChI=1S/C18H28ClN3/c1-21(2)15-7-8-16(17(19)13-15)18(14-5-3-4-6-14)22-11-9-20-10-12-22/h7-8,13-14,18,20H,3-6,9-12H2,1-2H3/t18-/m0/s1. The molecule has 22 heavy (non-hydrogen) atoms. The zero-order chi connectivity index (χ0) is 15.5. The summed E-state index contributed by atoms with van der Waals surface area (Å²) in [7, 11) is 4.13. The van der Waals surface area contributed by atoms with E-state index in [1.165, 1.54) is 36.9 Å². The number of benzene rings is 1. The van der Waals surface area contributed by atoms with Crippen LogP contribution in [0.4, 0.5) is 5.69 Å². The van der Waals surface area contributed by atoms with E-state index in [4.69, 9.17) is 11.6 Å². The molecule has 1 aliphatic heterocycles. The normalized spacial score (nSPS) is 22.0. The minimum atomic E-state index is 0.494. The maximum Gasteiger partial charge on any atom is 0.0474 e. The van der Waals surface area contributed by atoms with Crippen molar-refractivity contribution in [3.63, 3.8) is 0 Å². The van der Waals surface area contributed by atoms with Crippen LogP contribution in [0.15, 0.2) is 18.2 Å². The molecule has 1 aliphatic carbocycles. The molecule has 2 aliphatic rings. The van der Waals surface area contributed by atoms with Crippen molar-refractivity contribution in [1.82, 2.24) is 10.2 Å². The average Bonchev–Trinajstić information content (AvgIpc) is 3.04. The molecule has 1 saturated heterocycles. The van der Waals surface area contributed by atoms with Gasteiger partial charge < -0.3 is 10.2 Å². The predicted octanol–water partition coefficient (Wildman–Crippen LogP) is 3.54. The highest BCUT2D eigenvalue weighted by Gasteiger charge is 2.33. The van der Waals surface area contributed by atoms with Gasteiger partial charge in [0.1, 0.15) is 0 Å². The molecule has 1 saturated carbocycles. The van der Waals surface area contributed by atoms with Crippen molar-refractivity contribution >= 4 is 17.3 Å². The second kappa shape index (κ2) is 7.20. The summed E-state index contributed by atoms with van der Waals surface area (Å²) >= 11 is 6.70. The number of nitrogens with zero attached hydrogens (tertiary/aromatic N) is 2. The fourth-order valence-electron chi connectivity index (χ4n) is 4.02. The first kappa shape index (κ1) is 16.1. The lowest BCUT2D eigenvalue weighted by Crippen LogP contribution is -2.46. The number of hydrogen-bond donors (Lipinski definition) is 1. The number of nitrogens with one attached hydrogen (secondary N) is 1. The van der Waals surface area contributed by atoms with E-state index >= 15 is 0 Å². The van der Waals surface area contributed by atoms with Crippen LogP contribution in [0.5, 0.6) is 0 Å². The van der Waals surface area contributed by atoms with Gasteiger partial charge in [0.25, 0.3) is 0 Å². The number of hydrogen-bond acceptors (Lipinski definition) is 3. The molecule has 1 N–H and O–H groups in total. The van der Waals surface area contributed by atoms with Gasteiger partial charge >= 0.3 is 0 Å². The quantitative estimate of drug-likeness (QED) is 0.915. The molecule has 1 heterocycles. The second-order valence-corrected chi connectivity index (χ2v) is 7.28. The van der Waals surface area contributed by atoms with Gasteiger partial charge in [-0.15, -0.1) is 0 Å². The SMILES string of the molecule is CN(C)c1ccc([C@H](C2CCCC2)N2CCNCC2)c(Cl)c1. The van der Waals surface area contributed by atoms with Gasteiger partial charge in [0.15, 0.2) is 0 Å². The highest BCUT2D eigenvalue weighted by atomic mass is 35.5. The van der Waals surface area contributed by atoms with E-state index in [-0.39, 0.29) is 0 Å². The molecule has 0 bridgehead atoms. The molecule has 0 spiro atoms. The zero-order valence-corrected chi connectivity index (χ0v) is 14.6. The van der Waals surface area contributed by atoms with Crippen molar-refractivity contribution in [3.8, 4) is 0 Å². The van der Waals surface area contributed by atoms with Crippen molar-refractivity contribution in [1.29, 1.82) is 0 Å². The Labute approximate surface area is 139 Å². The summed E-state index contributed by atoms with van der Waals surface area (Å²) in [6, 6.07) is 7.10.